The van der Waals surface area contributed by atoms with E-state index < -0.39 is 24.3 Å². The Labute approximate surface area is 156 Å². The largest absolute Gasteiger partial charge is 0.493 e. The molecule has 2 aromatic carbocycles. The predicted molar refractivity (Wildman–Crippen MR) is 96.1 cm³/mol. The average molecular weight is 377 g/mol. The molecule has 0 bridgehead atoms. The van der Waals surface area contributed by atoms with Gasteiger partial charge in [-0.15, -0.1) is 0 Å². The standard InChI is InChI=1S/C19H20FNO6/c1-11-5-7-14(13(20)9-11)21-16(22)10-27-19(23)12-6-8-15(24-2)18(26-4)17(12)25-3/h5-9H,10H2,1-4H3,(H,21,22). The number of rotatable bonds is 7. The highest BCUT2D eigenvalue weighted by Crippen LogP contribution is 2.39. The molecule has 0 saturated heterocycles. The van der Waals surface area contributed by atoms with Crippen molar-refractivity contribution in [1.29, 1.82) is 0 Å². The molecule has 27 heavy (non-hydrogen) atoms. The number of hydrogen-bond acceptors (Lipinski definition) is 6. The zero-order valence-corrected chi connectivity index (χ0v) is 15.4. The Balaban J connectivity index is 2.08. The molecule has 144 valence electrons. The van der Waals surface area contributed by atoms with E-state index in [1.54, 1.807) is 13.0 Å². The molecular weight excluding hydrogens is 357 g/mol. The normalized spacial score (nSPS) is 10.1. The van der Waals surface area contributed by atoms with Crippen molar-refractivity contribution in [2.24, 2.45) is 0 Å². The summed E-state index contributed by atoms with van der Waals surface area (Å²) in [5.74, 6) is -1.33. The smallest absolute Gasteiger partial charge is 0.342 e. The van der Waals surface area contributed by atoms with Gasteiger partial charge in [-0.1, -0.05) is 6.07 Å². The van der Waals surface area contributed by atoms with E-state index in [2.05, 4.69) is 5.32 Å². The van der Waals surface area contributed by atoms with Crippen LogP contribution in [0.15, 0.2) is 30.3 Å². The first-order chi connectivity index (χ1) is 12.9. The average Bonchev–Trinajstić information content (AvgIpc) is 2.66. The summed E-state index contributed by atoms with van der Waals surface area (Å²) in [4.78, 5) is 24.2. The van der Waals surface area contributed by atoms with Crippen molar-refractivity contribution in [2.75, 3.05) is 33.3 Å². The number of ether oxygens (including phenoxy) is 4. The van der Waals surface area contributed by atoms with Crippen LogP contribution >= 0.6 is 0 Å². The van der Waals surface area contributed by atoms with Crippen LogP contribution in [-0.2, 0) is 9.53 Å². The minimum absolute atomic E-state index is 0.00495. The summed E-state index contributed by atoms with van der Waals surface area (Å²) in [7, 11) is 4.21. The summed E-state index contributed by atoms with van der Waals surface area (Å²) < 4.78 is 34.3. The molecule has 0 aliphatic heterocycles. The van der Waals surface area contributed by atoms with Crippen molar-refractivity contribution in [3.8, 4) is 17.2 Å². The summed E-state index contributed by atoms with van der Waals surface area (Å²) in [6.07, 6.45) is 0. The molecule has 2 aromatic rings. The number of hydrogen-bond donors (Lipinski definition) is 1. The second kappa shape index (κ2) is 8.88. The van der Waals surface area contributed by atoms with Crippen molar-refractivity contribution in [2.45, 2.75) is 6.92 Å². The second-order valence-corrected chi connectivity index (χ2v) is 5.49. The molecule has 0 radical (unpaired) electrons. The lowest BCUT2D eigenvalue weighted by molar-refractivity contribution is -0.119. The Morgan fingerprint density at radius 1 is 1.00 bits per heavy atom. The number of carbonyl (C=O) groups excluding carboxylic acids is 2. The highest BCUT2D eigenvalue weighted by atomic mass is 19.1. The molecule has 0 spiro atoms. The Bertz CT molecular complexity index is 852. The molecule has 0 atom stereocenters. The maximum absolute atomic E-state index is 13.8. The minimum atomic E-state index is -0.799. The van der Waals surface area contributed by atoms with Gasteiger partial charge in [-0.05, 0) is 36.8 Å². The van der Waals surface area contributed by atoms with Gasteiger partial charge in [0.25, 0.3) is 5.91 Å². The van der Waals surface area contributed by atoms with Gasteiger partial charge in [0, 0.05) is 0 Å². The third kappa shape index (κ3) is 4.66. The van der Waals surface area contributed by atoms with Crippen molar-refractivity contribution in [3.05, 3.63) is 47.3 Å². The van der Waals surface area contributed by atoms with Crippen LogP contribution in [0, 0.1) is 12.7 Å². The van der Waals surface area contributed by atoms with Gasteiger partial charge < -0.3 is 24.3 Å². The van der Waals surface area contributed by atoms with Crippen molar-refractivity contribution in [3.63, 3.8) is 0 Å². The van der Waals surface area contributed by atoms with Gasteiger partial charge in [0.2, 0.25) is 5.75 Å². The van der Waals surface area contributed by atoms with Crippen LogP contribution < -0.4 is 19.5 Å². The first-order valence-corrected chi connectivity index (χ1v) is 7.93. The number of aryl methyl sites for hydroxylation is 1. The molecule has 0 saturated carbocycles. The molecule has 7 nitrogen and oxygen atoms in total. The third-order valence-corrected chi connectivity index (χ3v) is 3.66. The first kappa shape index (κ1) is 20.0. The predicted octanol–water partition coefficient (Wildman–Crippen LogP) is 2.96. The molecule has 0 unspecified atom stereocenters. The number of halogens is 1. The summed E-state index contributed by atoms with van der Waals surface area (Å²) in [6, 6.07) is 7.32. The van der Waals surface area contributed by atoms with Crippen molar-refractivity contribution in [1.82, 2.24) is 0 Å². The van der Waals surface area contributed by atoms with Gasteiger partial charge in [0.05, 0.1) is 27.0 Å². The fourth-order valence-corrected chi connectivity index (χ4v) is 2.38. The van der Waals surface area contributed by atoms with Gasteiger partial charge in [0.1, 0.15) is 11.4 Å². The minimum Gasteiger partial charge on any atom is -0.493 e. The van der Waals surface area contributed by atoms with E-state index in [0.717, 1.165) is 5.56 Å². The Hall–Kier alpha value is -3.29. The lowest BCUT2D eigenvalue weighted by atomic mass is 10.1. The fourth-order valence-electron chi connectivity index (χ4n) is 2.38. The Morgan fingerprint density at radius 3 is 2.30 bits per heavy atom. The molecule has 0 aliphatic carbocycles. The van der Waals surface area contributed by atoms with Crippen LogP contribution in [0.3, 0.4) is 0 Å². The molecule has 1 amide bonds. The van der Waals surface area contributed by atoms with Gasteiger partial charge in [-0.25, -0.2) is 9.18 Å². The van der Waals surface area contributed by atoms with Crippen LogP contribution in [0.25, 0.3) is 0 Å². The van der Waals surface area contributed by atoms with E-state index in [4.69, 9.17) is 18.9 Å². The number of benzene rings is 2. The summed E-state index contributed by atoms with van der Waals surface area (Å²) >= 11 is 0. The van der Waals surface area contributed by atoms with E-state index in [1.807, 2.05) is 0 Å². The zero-order valence-electron chi connectivity index (χ0n) is 15.4. The number of esters is 1. The zero-order chi connectivity index (χ0) is 20.0. The summed E-state index contributed by atoms with van der Waals surface area (Å²) in [6.45, 7) is 1.14. The van der Waals surface area contributed by atoms with Gasteiger partial charge in [-0.2, -0.15) is 0 Å². The lowest BCUT2D eigenvalue weighted by Gasteiger charge is -2.15. The molecule has 0 aromatic heterocycles. The highest BCUT2D eigenvalue weighted by Gasteiger charge is 2.22. The number of amides is 1. The van der Waals surface area contributed by atoms with E-state index in [0.29, 0.717) is 5.75 Å². The van der Waals surface area contributed by atoms with Crippen LogP contribution in [0.1, 0.15) is 15.9 Å². The molecule has 0 heterocycles. The fraction of sp³-hybridized carbons (Fsp3) is 0.263. The Morgan fingerprint density at radius 2 is 1.70 bits per heavy atom. The maximum atomic E-state index is 13.8. The number of nitrogens with one attached hydrogen (secondary N) is 1. The quantitative estimate of drug-likeness (QED) is 0.747. The number of anilines is 1. The van der Waals surface area contributed by atoms with E-state index in [1.165, 1.54) is 45.6 Å². The highest BCUT2D eigenvalue weighted by molar-refractivity contribution is 5.97. The maximum Gasteiger partial charge on any atom is 0.342 e. The van der Waals surface area contributed by atoms with Crippen LogP contribution in [-0.4, -0.2) is 39.8 Å². The molecular formula is C19H20FNO6. The van der Waals surface area contributed by atoms with Crippen LogP contribution in [0.2, 0.25) is 0 Å². The molecule has 2 rings (SSSR count). The van der Waals surface area contributed by atoms with Crippen molar-refractivity contribution < 1.29 is 32.9 Å². The van der Waals surface area contributed by atoms with Gasteiger partial charge in [-0.3, -0.25) is 4.79 Å². The molecule has 1 N–H and O–H groups in total. The molecule has 8 heteroatoms. The Kier molecular flexibility index (Phi) is 6.59. The monoisotopic (exact) mass is 377 g/mol. The van der Waals surface area contributed by atoms with E-state index >= 15 is 0 Å². The number of methoxy groups -OCH3 is 3. The van der Waals surface area contributed by atoms with Gasteiger partial charge >= 0.3 is 5.97 Å². The SMILES string of the molecule is COc1ccc(C(=O)OCC(=O)Nc2ccc(C)cc2F)c(OC)c1OC. The summed E-state index contributed by atoms with van der Waals surface area (Å²) in [5.41, 5.74) is 0.785. The van der Waals surface area contributed by atoms with Crippen molar-refractivity contribution >= 4 is 17.6 Å². The van der Waals surface area contributed by atoms with Crippen LogP contribution in [0.5, 0.6) is 17.2 Å². The summed E-state index contributed by atoms with van der Waals surface area (Å²) in [5, 5.41) is 2.35. The topological polar surface area (TPSA) is 83.1 Å². The second-order valence-electron chi connectivity index (χ2n) is 5.49. The number of carbonyl (C=O) groups is 2. The molecule has 0 aliphatic rings. The molecule has 0 fully saturated rings. The van der Waals surface area contributed by atoms with Crippen LogP contribution in [0.4, 0.5) is 10.1 Å². The lowest BCUT2D eigenvalue weighted by Crippen LogP contribution is -2.21. The van der Waals surface area contributed by atoms with Gasteiger partial charge in [0.15, 0.2) is 18.1 Å². The van der Waals surface area contributed by atoms with E-state index in [-0.39, 0.29) is 22.7 Å². The first-order valence-electron chi connectivity index (χ1n) is 7.93. The third-order valence-electron chi connectivity index (χ3n) is 3.66. The van der Waals surface area contributed by atoms with E-state index in [9.17, 15) is 14.0 Å².